The molecule has 1 aliphatic heterocycles. The van der Waals surface area contributed by atoms with Crippen LogP contribution in [0, 0.1) is 11.3 Å². The first kappa shape index (κ1) is 16.4. The number of hydrogen-bond acceptors (Lipinski definition) is 8. The molecular formula is C15H17N5O4. The number of aromatic nitrogens is 3. The van der Waals surface area contributed by atoms with Crippen LogP contribution in [0.15, 0.2) is 18.6 Å². The lowest BCUT2D eigenvalue weighted by Crippen LogP contribution is -2.44. The molecule has 0 saturated carbocycles. The number of anilines is 1. The van der Waals surface area contributed by atoms with Crippen LogP contribution >= 0.6 is 0 Å². The first-order valence-electron chi connectivity index (χ1n) is 7.25. The van der Waals surface area contributed by atoms with Crippen molar-refractivity contribution < 1.29 is 20.1 Å². The van der Waals surface area contributed by atoms with Crippen molar-refractivity contribution in [3.05, 3.63) is 24.2 Å². The molecule has 5 N–H and O–H groups in total. The van der Waals surface area contributed by atoms with Crippen molar-refractivity contribution in [2.75, 3.05) is 12.3 Å². The number of nitrogens with zero attached hydrogens (tertiary/aromatic N) is 4. The van der Waals surface area contributed by atoms with Crippen molar-refractivity contribution in [2.45, 2.75) is 31.0 Å². The molecule has 126 valence electrons. The number of aliphatic hydroxyl groups is 3. The van der Waals surface area contributed by atoms with Crippen LogP contribution in [0.2, 0.25) is 0 Å². The van der Waals surface area contributed by atoms with E-state index in [1.165, 1.54) is 23.9 Å². The van der Waals surface area contributed by atoms with Gasteiger partial charge in [-0.05, 0) is 13.0 Å². The van der Waals surface area contributed by atoms with Crippen LogP contribution in [0.1, 0.15) is 18.7 Å². The Kier molecular flexibility index (Phi) is 3.98. The summed E-state index contributed by atoms with van der Waals surface area (Å²) in [5, 5.41) is 39.4. The maximum absolute atomic E-state index is 10.6. The topological polar surface area (TPSA) is 150 Å². The SMILES string of the molecule is C[C@]1(O)C(n2cc(C=CC#N)c3c(N)ncnc32)O[C@H](CO)[C@H]1O. The van der Waals surface area contributed by atoms with Crippen LogP contribution in [0.25, 0.3) is 17.1 Å². The fourth-order valence-corrected chi connectivity index (χ4v) is 2.96. The first-order chi connectivity index (χ1) is 11.4. The summed E-state index contributed by atoms with van der Waals surface area (Å²) in [6, 6.07) is 1.89. The normalized spacial score (nSPS) is 30.2. The molecule has 2 aromatic heterocycles. The Balaban J connectivity index is 2.19. The summed E-state index contributed by atoms with van der Waals surface area (Å²) in [4.78, 5) is 8.12. The fourth-order valence-electron chi connectivity index (χ4n) is 2.96. The molecular weight excluding hydrogens is 314 g/mol. The van der Waals surface area contributed by atoms with Gasteiger partial charge in [0, 0.05) is 17.8 Å². The van der Waals surface area contributed by atoms with Crippen molar-refractivity contribution in [3.63, 3.8) is 0 Å². The minimum atomic E-state index is -1.66. The third kappa shape index (κ3) is 2.33. The molecule has 2 aromatic rings. The Morgan fingerprint density at radius 1 is 1.54 bits per heavy atom. The maximum Gasteiger partial charge on any atom is 0.167 e. The number of rotatable bonds is 3. The minimum Gasteiger partial charge on any atom is -0.394 e. The van der Waals surface area contributed by atoms with Gasteiger partial charge in [0.25, 0.3) is 0 Å². The number of nitrogen functional groups attached to an aromatic ring is 1. The second kappa shape index (κ2) is 5.85. The standard InChI is InChI=1S/C15H17N5O4/c1-15(23)11(22)9(6-21)24-14(15)20-5-8(3-2-4-16)10-12(17)18-7-19-13(10)20/h2-3,5,7,9,11,14,21-23H,6H2,1H3,(H2,17,18,19)/t9-,11-,14?,15-/m1/s1. The van der Waals surface area contributed by atoms with Crippen LogP contribution in [-0.2, 0) is 4.74 Å². The maximum atomic E-state index is 10.6. The third-order valence-electron chi connectivity index (χ3n) is 4.19. The molecule has 1 saturated heterocycles. The molecule has 3 rings (SSSR count). The zero-order chi connectivity index (χ0) is 17.5. The molecule has 3 heterocycles. The molecule has 0 bridgehead atoms. The van der Waals surface area contributed by atoms with Gasteiger partial charge in [0.05, 0.1) is 18.1 Å². The summed E-state index contributed by atoms with van der Waals surface area (Å²) in [6.45, 7) is 0.977. The predicted molar refractivity (Wildman–Crippen MR) is 84.2 cm³/mol. The van der Waals surface area contributed by atoms with Gasteiger partial charge in [0.2, 0.25) is 0 Å². The van der Waals surface area contributed by atoms with Gasteiger partial charge in [-0.3, -0.25) is 0 Å². The second-order valence-electron chi connectivity index (χ2n) is 5.79. The van der Waals surface area contributed by atoms with Gasteiger partial charge in [-0.2, -0.15) is 5.26 Å². The molecule has 1 fully saturated rings. The second-order valence-corrected chi connectivity index (χ2v) is 5.79. The number of fused-ring (bicyclic) bond motifs is 1. The van der Waals surface area contributed by atoms with E-state index in [-0.39, 0.29) is 5.82 Å². The summed E-state index contributed by atoms with van der Waals surface area (Å²) in [5.41, 5.74) is 5.22. The predicted octanol–water partition coefficient (Wildman–Crippen LogP) is -0.448. The number of hydrogen-bond donors (Lipinski definition) is 4. The smallest absolute Gasteiger partial charge is 0.167 e. The molecule has 0 spiro atoms. The van der Waals surface area contributed by atoms with E-state index in [2.05, 4.69) is 9.97 Å². The highest BCUT2D eigenvalue weighted by atomic mass is 16.6. The Bertz CT molecular complexity index is 838. The lowest BCUT2D eigenvalue weighted by molar-refractivity contribution is -0.0948. The first-order valence-corrected chi connectivity index (χ1v) is 7.25. The number of ether oxygens (including phenoxy) is 1. The van der Waals surface area contributed by atoms with E-state index >= 15 is 0 Å². The lowest BCUT2D eigenvalue weighted by Gasteiger charge is -2.27. The van der Waals surface area contributed by atoms with E-state index in [9.17, 15) is 15.3 Å². The van der Waals surface area contributed by atoms with Gasteiger partial charge < -0.3 is 30.4 Å². The van der Waals surface area contributed by atoms with Crippen LogP contribution < -0.4 is 5.73 Å². The highest BCUT2D eigenvalue weighted by Crippen LogP contribution is 2.40. The lowest BCUT2D eigenvalue weighted by atomic mass is 9.96. The van der Waals surface area contributed by atoms with E-state index in [0.29, 0.717) is 16.6 Å². The van der Waals surface area contributed by atoms with Crippen molar-refractivity contribution in [1.82, 2.24) is 14.5 Å². The summed E-state index contributed by atoms with van der Waals surface area (Å²) in [6.07, 6.45) is 2.50. The fraction of sp³-hybridized carbons (Fsp3) is 0.400. The molecule has 4 atom stereocenters. The quantitative estimate of drug-likeness (QED) is 0.552. The molecule has 9 nitrogen and oxygen atoms in total. The summed E-state index contributed by atoms with van der Waals surface area (Å²) in [7, 11) is 0. The Labute approximate surface area is 137 Å². The zero-order valence-electron chi connectivity index (χ0n) is 12.9. The molecule has 0 amide bonds. The van der Waals surface area contributed by atoms with E-state index in [1.54, 1.807) is 12.3 Å². The molecule has 9 heteroatoms. The highest BCUT2D eigenvalue weighted by molar-refractivity contribution is 5.94. The summed E-state index contributed by atoms with van der Waals surface area (Å²) < 4.78 is 7.13. The van der Waals surface area contributed by atoms with Gasteiger partial charge >= 0.3 is 0 Å². The Morgan fingerprint density at radius 3 is 2.92 bits per heavy atom. The van der Waals surface area contributed by atoms with Crippen molar-refractivity contribution in [1.29, 1.82) is 5.26 Å². The largest absolute Gasteiger partial charge is 0.394 e. The van der Waals surface area contributed by atoms with E-state index in [0.717, 1.165) is 0 Å². The average molecular weight is 331 g/mol. The van der Waals surface area contributed by atoms with E-state index in [4.69, 9.17) is 15.7 Å². The van der Waals surface area contributed by atoms with Gasteiger partial charge in [0.15, 0.2) is 6.23 Å². The zero-order valence-corrected chi connectivity index (χ0v) is 12.9. The van der Waals surface area contributed by atoms with Gasteiger partial charge in [0.1, 0.15) is 35.6 Å². The van der Waals surface area contributed by atoms with Gasteiger partial charge in [-0.1, -0.05) is 0 Å². The van der Waals surface area contributed by atoms with Gasteiger partial charge in [-0.25, -0.2) is 9.97 Å². The van der Waals surface area contributed by atoms with Crippen LogP contribution in [0.4, 0.5) is 5.82 Å². The highest BCUT2D eigenvalue weighted by Gasteiger charge is 2.53. The molecule has 0 radical (unpaired) electrons. The number of nitriles is 1. The van der Waals surface area contributed by atoms with Crippen LogP contribution in [0.5, 0.6) is 0 Å². The summed E-state index contributed by atoms with van der Waals surface area (Å²) in [5.74, 6) is 0.216. The molecule has 1 aliphatic rings. The van der Waals surface area contributed by atoms with Gasteiger partial charge in [-0.15, -0.1) is 0 Å². The Hall–Kier alpha value is -2.51. The van der Waals surface area contributed by atoms with Crippen molar-refractivity contribution in [3.8, 4) is 6.07 Å². The molecule has 24 heavy (non-hydrogen) atoms. The Morgan fingerprint density at radius 2 is 2.29 bits per heavy atom. The molecule has 0 aliphatic carbocycles. The van der Waals surface area contributed by atoms with E-state index < -0.39 is 30.6 Å². The average Bonchev–Trinajstić information content (AvgIpc) is 3.02. The van der Waals surface area contributed by atoms with Crippen molar-refractivity contribution >= 4 is 22.9 Å². The monoisotopic (exact) mass is 331 g/mol. The minimum absolute atomic E-state index is 0.216. The number of allylic oxidation sites excluding steroid dienone is 1. The van der Waals surface area contributed by atoms with Crippen LogP contribution in [-0.4, -0.2) is 54.3 Å². The number of aliphatic hydroxyl groups excluding tert-OH is 2. The van der Waals surface area contributed by atoms with E-state index in [1.807, 2.05) is 6.07 Å². The summed E-state index contributed by atoms with van der Waals surface area (Å²) >= 11 is 0. The van der Waals surface area contributed by atoms with Crippen molar-refractivity contribution in [2.24, 2.45) is 0 Å². The van der Waals surface area contributed by atoms with Crippen LogP contribution in [0.3, 0.4) is 0 Å². The third-order valence-corrected chi connectivity index (χ3v) is 4.19. The molecule has 0 aromatic carbocycles. The molecule has 1 unspecified atom stereocenters. The number of nitrogens with two attached hydrogens (primary N) is 1.